The number of hydrogen-bond donors (Lipinski definition) is 2. The maximum Gasteiger partial charge on any atom is 0.338 e. The van der Waals surface area contributed by atoms with Crippen LogP contribution in [0.25, 0.3) is 0 Å². The number of carbonyl (C=O) groups is 1. The second-order valence-corrected chi connectivity index (χ2v) is 3.50. The molecule has 0 aliphatic heterocycles. The summed E-state index contributed by atoms with van der Waals surface area (Å²) in [6.07, 6.45) is -1.64. The molecule has 0 saturated heterocycles. The van der Waals surface area contributed by atoms with Crippen LogP contribution in [0.5, 0.6) is 5.88 Å². The van der Waals surface area contributed by atoms with Crippen LogP contribution in [0.4, 0.5) is 0 Å². The second kappa shape index (κ2) is 6.93. The number of ether oxygens (including phenoxy) is 2. The molecule has 0 radical (unpaired) electrons. The summed E-state index contributed by atoms with van der Waals surface area (Å²) in [7, 11) is 0. The van der Waals surface area contributed by atoms with Crippen LogP contribution in [-0.4, -0.2) is 40.5 Å². The number of aliphatic hydroxyl groups excluding tert-OH is 2. The Labute approximate surface area is 105 Å². The molecule has 1 aromatic heterocycles. The molecule has 1 aromatic rings. The third kappa shape index (κ3) is 3.68. The molecule has 0 bridgehead atoms. The number of nitrogens with zero attached hydrogens (tertiary/aromatic N) is 1. The molecule has 0 spiro atoms. The first-order chi connectivity index (χ1) is 8.60. The zero-order valence-electron chi connectivity index (χ0n) is 10.4. The topological polar surface area (TPSA) is 88.9 Å². The molecule has 1 heterocycles. The molecule has 0 amide bonds. The number of hydrogen-bond acceptors (Lipinski definition) is 6. The van der Waals surface area contributed by atoms with Crippen molar-refractivity contribution in [2.75, 3.05) is 13.2 Å². The van der Waals surface area contributed by atoms with Crippen molar-refractivity contribution >= 4 is 5.97 Å². The van der Waals surface area contributed by atoms with Crippen LogP contribution in [0.2, 0.25) is 0 Å². The highest BCUT2D eigenvalue weighted by Crippen LogP contribution is 2.19. The van der Waals surface area contributed by atoms with Gasteiger partial charge in [0.2, 0.25) is 5.88 Å². The molecule has 2 N–H and O–H groups in total. The first kappa shape index (κ1) is 14.4. The summed E-state index contributed by atoms with van der Waals surface area (Å²) in [4.78, 5) is 15.2. The molecule has 6 heteroatoms. The third-order valence-corrected chi connectivity index (χ3v) is 2.22. The van der Waals surface area contributed by atoms with Crippen molar-refractivity contribution in [3.63, 3.8) is 0 Å². The van der Waals surface area contributed by atoms with Gasteiger partial charge < -0.3 is 19.7 Å². The van der Waals surface area contributed by atoms with Gasteiger partial charge >= 0.3 is 5.97 Å². The summed E-state index contributed by atoms with van der Waals surface area (Å²) in [6, 6.07) is 3.09. The normalized spacial score (nSPS) is 13.8. The highest BCUT2D eigenvalue weighted by Gasteiger charge is 2.27. The average molecular weight is 255 g/mol. The van der Waals surface area contributed by atoms with E-state index in [4.69, 9.17) is 4.74 Å². The van der Waals surface area contributed by atoms with E-state index >= 15 is 0 Å². The number of aromatic nitrogens is 1. The molecule has 0 aromatic carbocycles. The SMILES string of the molecule is CCOC(=O)C(O)C(O)c1ccc(OCC)nc1. The van der Waals surface area contributed by atoms with E-state index in [2.05, 4.69) is 9.72 Å². The van der Waals surface area contributed by atoms with Gasteiger partial charge in [0.1, 0.15) is 6.10 Å². The van der Waals surface area contributed by atoms with Gasteiger partial charge in [-0.05, 0) is 19.9 Å². The highest BCUT2D eigenvalue weighted by molar-refractivity contribution is 5.75. The quantitative estimate of drug-likeness (QED) is 0.717. The fourth-order valence-corrected chi connectivity index (χ4v) is 1.34. The maximum atomic E-state index is 11.2. The molecule has 0 aliphatic carbocycles. The number of rotatable bonds is 6. The summed E-state index contributed by atoms with van der Waals surface area (Å²) in [6.45, 7) is 4.08. The number of pyridine rings is 1. The van der Waals surface area contributed by atoms with Crippen LogP contribution in [-0.2, 0) is 9.53 Å². The smallest absolute Gasteiger partial charge is 0.338 e. The van der Waals surface area contributed by atoms with E-state index < -0.39 is 18.2 Å². The summed E-state index contributed by atoms with van der Waals surface area (Å²) >= 11 is 0. The van der Waals surface area contributed by atoms with Gasteiger partial charge in [0.25, 0.3) is 0 Å². The molecule has 0 saturated carbocycles. The zero-order valence-corrected chi connectivity index (χ0v) is 10.4. The zero-order chi connectivity index (χ0) is 13.5. The Hall–Kier alpha value is -1.66. The first-order valence-corrected chi connectivity index (χ1v) is 5.71. The largest absolute Gasteiger partial charge is 0.478 e. The van der Waals surface area contributed by atoms with Gasteiger partial charge in [-0.15, -0.1) is 0 Å². The minimum Gasteiger partial charge on any atom is -0.478 e. The fourth-order valence-electron chi connectivity index (χ4n) is 1.34. The van der Waals surface area contributed by atoms with E-state index in [-0.39, 0.29) is 6.61 Å². The molecule has 6 nitrogen and oxygen atoms in total. The monoisotopic (exact) mass is 255 g/mol. The fraction of sp³-hybridized carbons (Fsp3) is 0.500. The molecular formula is C12H17NO5. The predicted molar refractivity (Wildman–Crippen MR) is 63.0 cm³/mol. The van der Waals surface area contributed by atoms with Crippen molar-refractivity contribution in [2.24, 2.45) is 0 Å². The molecule has 18 heavy (non-hydrogen) atoms. The van der Waals surface area contributed by atoms with Crippen molar-refractivity contribution < 1.29 is 24.5 Å². The average Bonchev–Trinajstić information content (AvgIpc) is 2.38. The molecular weight excluding hydrogens is 238 g/mol. The van der Waals surface area contributed by atoms with E-state index in [1.807, 2.05) is 6.92 Å². The number of carbonyl (C=O) groups excluding carboxylic acids is 1. The van der Waals surface area contributed by atoms with E-state index in [0.717, 1.165) is 0 Å². The Morgan fingerprint density at radius 2 is 2.06 bits per heavy atom. The minimum absolute atomic E-state index is 0.143. The van der Waals surface area contributed by atoms with Gasteiger partial charge in [-0.2, -0.15) is 0 Å². The van der Waals surface area contributed by atoms with Crippen LogP contribution < -0.4 is 4.74 Å². The second-order valence-electron chi connectivity index (χ2n) is 3.50. The Morgan fingerprint density at radius 1 is 1.33 bits per heavy atom. The third-order valence-electron chi connectivity index (χ3n) is 2.22. The van der Waals surface area contributed by atoms with Crippen molar-refractivity contribution in [3.05, 3.63) is 23.9 Å². The van der Waals surface area contributed by atoms with E-state index in [1.165, 1.54) is 12.3 Å². The van der Waals surface area contributed by atoms with Gasteiger partial charge in [-0.1, -0.05) is 0 Å². The first-order valence-electron chi connectivity index (χ1n) is 5.71. The van der Waals surface area contributed by atoms with Crippen LogP contribution in [0.15, 0.2) is 18.3 Å². The van der Waals surface area contributed by atoms with Crippen LogP contribution in [0.3, 0.4) is 0 Å². The molecule has 100 valence electrons. The summed E-state index contributed by atoms with van der Waals surface area (Å²) in [5.74, 6) is -0.446. The van der Waals surface area contributed by atoms with E-state index in [9.17, 15) is 15.0 Å². The van der Waals surface area contributed by atoms with Crippen molar-refractivity contribution in [2.45, 2.75) is 26.1 Å². The molecule has 0 fully saturated rings. The lowest BCUT2D eigenvalue weighted by atomic mass is 10.1. The van der Waals surface area contributed by atoms with Crippen molar-refractivity contribution in [3.8, 4) is 5.88 Å². The number of esters is 1. The summed E-state index contributed by atoms with van der Waals surface area (Å²) in [5, 5.41) is 19.3. The molecule has 0 aliphatic rings. The molecule has 1 rings (SSSR count). The van der Waals surface area contributed by atoms with Gasteiger partial charge in [-0.3, -0.25) is 0 Å². The predicted octanol–water partition coefficient (Wildman–Crippen LogP) is 0.438. The standard InChI is InChI=1S/C12H17NO5/c1-3-17-9-6-5-8(7-13-9)10(14)11(15)12(16)18-4-2/h5-7,10-11,14-15H,3-4H2,1-2H3. The maximum absolute atomic E-state index is 11.2. The Bertz CT molecular complexity index is 379. The summed E-state index contributed by atoms with van der Waals surface area (Å²) in [5.41, 5.74) is 0.319. The van der Waals surface area contributed by atoms with Crippen molar-refractivity contribution in [1.82, 2.24) is 4.98 Å². The Kier molecular flexibility index (Phi) is 5.54. The minimum atomic E-state index is -1.62. The van der Waals surface area contributed by atoms with Crippen LogP contribution in [0, 0.1) is 0 Å². The van der Waals surface area contributed by atoms with Gasteiger partial charge in [0.15, 0.2) is 6.10 Å². The lowest BCUT2D eigenvalue weighted by Crippen LogP contribution is -2.29. The van der Waals surface area contributed by atoms with E-state index in [0.29, 0.717) is 18.1 Å². The highest BCUT2D eigenvalue weighted by atomic mass is 16.5. The number of aliphatic hydroxyl groups is 2. The van der Waals surface area contributed by atoms with Gasteiger partial charge in [0, 0.05) is 17.8 Å². The molecule has 2 atom stereocenters. The summed E-state index contributed by atoms with van der Waals surface area (Å²) < 4.78 is 9.75. The van der Waals surface area contributed by atoms with Crippen molar-refractivity contribution in [1.29, 1.82) is 0 Å². The Morgan fingerprint density at radius 3 is 2.56 bits per heavy atom. The van der Waals surface area contributed by atoms with E-state index in [1.54, 1.807) is 13.0 Å². The lowest BCUT2D eigenvalue weighted by Gasteiger charge is -2.16. The Balaban J connectivity index is 2.71. The van der Waals surface area contributed by atoms with Gasteiger partial charge in [-0.25, -0.2) is 9.78 Å². The lowest BCUT2D eigenvalue weighted by molar-refractivity contribution is -0.159. The van der Waals surface area contributed by atoms with Gasteiger partial charge in [0.05, 0.1) is 13.2 Å². The molecule has 2 unspecified atom stereocenters. The van der Waals surface area contributed by atoms with Crippen LogP contribution >= 0.6 is 0 Å². The van der Waals surface area contributed by atoms with Crippen LogP contribution in [0.1, 0.15) is 25.5 Å².